The molecule has 1 saturated heterocycles. The molecule has 2 heterocycles. The molecule has 0 saturated carbocycles. The number of likely N-dealkylation sites (N-methyl/N-ethyl adjacent to an activating group) is 1. The highest BCUT2D eigenvalue weighted by molar-refractivity contribution is 5.98. The minimum Gasteiger partial charge on any atom is -0.395 e. The molecule has 1 amide bonds. The average molecular weight is 263 g/mol. The predicted molar refractivity (Wildman–Crippen MR) is 74.3 cm³/mol. The van der Waals surface area contributed by atoms with Gasteiger partial charge in [-0.05, 0) is 31.4 Å². The number of carbonyl (C=O) groups is 1. The van der Waals surface area contributed by atoms with Gasteiger partial charge in [0.05, 0.1) is 12.2 Å². The molecule has 1 aromatic rings. The number of hydrogen-bond donors (Lipinski definition) is 1. The van der Waals surface area contributed by atoms with E-state index >= 15 is 0 Å². The summed E-state index contributed by atoms with van der Waals surface area (Å²) in [6.45, 7) is 2.18. The van der Waals surface area contributed by atoms with Gasteiger partial charge in [-0.3, -0.25) is 4.79 Å². The number of piperidine rings is 1. The Hall–Kier alpha value is -1.62. The summed E-state index contributed by atoms with van der Waals surface area (Å²) in [5.41, 5.74) is 0.625. The van der Waals surface area contributed by atoms with Crippen molar-refractivity contribution in [2.24, 2.45) is 0 Å². The Morgan fingerprint density at radius 2 is 2.16 bits per heavy atom. The average Bonchev–Trinajstić information content (AvgIpc) is 2.47. The molecule has 0 unspecified atom stereocenters. The topological polar surface area (TPSA) is 56.7 Å². The standard InChI is InChI=1S/C14H21N3O2/c1-16(10-11-18)13-12(6-5-7-15-13)14(19)17-8-3-2-4-9-17/h5-7,18H,2-4,8-11H2,1H3. The molecule has 19 heavy (non-hydrogen) atoms. The zero-order valence-electron chi connectivity index (χ0n) is 11.4. The summed E-state index contributed by atoms with van der Waals surface area (Å²) in [7, 11) is 1.84. The van der Waals surface area contributed by atoms with Gasteiger partial charge in [0.2, 0.25) is 0 Å². The number of rotatable bonds is 4. The van der Waals surface area contributed by atoms with Gasteiger partial charge in [-0.25, -0.2) is 4.98 Å². The number of amides is 1. The van der Waals surface area contributed by atoms with Crippen molar-refractivity contribution in [3.05, 3.63) is 23.9 Å². The molecule has 5 nitrogen and oxygen atoms in total. The number of pyridine rings is 1. The second-order valence-electron chi connectivity index (χ2n) is 4.87. The van der Waals surface area contributed by atoms with Crippen LogP contribution in [0.3, 0.4) is 0 Å². The van der Waals surface area contributed by atoms with Crippen LogP contribution < -0.4 is 4.90 Å². The lowest BCUT2D eigenvalue weighted by molar-refractivity contribution is 0.0724. The van der Waals surface area contributed by atoms with E-state index < -0.39 is 0 Å². The van der Waals surface area contributed by atoms with Gasteiger partial charge in [-0.15, -0.1) is 0 Å². The van der Waals surface area contributed by atoms with Crippen molar-refractivity contribution < 1.29 is 9.90 Å². The van der Waals surface area contributed by atoms with Gasteiger partial charge >= 0.3 is 0 Å². The van der Waals surface area contributed by atoms with Crippen molar-refractivity contribution in [2.75, 3.05) is 38.2 Å². The molecule has 1 aliphatic rings. The van der Waals surface area contributed by atoms with Crippen LogP contribution in [-0.2, 0) is 0 Å². The predicted octanol–water partition coefficient (Wildman–Crippen LogP) is 1.14. The quantitative estimate of drug-likeness (QED) is 0.885. The number of aliphatic hydroxyl groups excluding tert-OH is 1. The van der Waals surface area contributed by atoms with Crippen molar-refractivity contribution in [1.82, 2.24) is 9.88 Å². The monoisotopic (exact) mass is 263 g/mol. The molecule has 1 aromatic heterocycles. The molecule has 0 atom stereocenters. The van der Waals surface area contributed by atoms with Crippen molar-refractivity contribution >= 4 is 11.7 Å². The number of likely N-dealkylation sites (tertiary alicyclic amines) is 1. The van der Waals surface area contributed by atoms with Gasteiger partial charge < -0.3 is 14.9 Å². The van der Waals surface area contributed by atoms with Gasteiger partial charge in [0.15, 0.2) is 0 Å². The van der Waals surface area contributed by atoms with E-state index in [1.807, 2.05) is 22.9 Å². The Labute approximate surface area is 113 Å². The third kappa shape index (κ3) is 3.23. The number of hydrogen-bond acceptors (Lipinski definition) is 4. The molecular formula is C14H21N3O2. The van der Waals surface area contributed by atoms with Crippen LogP contribution >= 0.6 is 0 Å². The van der Waals surface area contributed by atoms with Crippen LogP contribution in [0.25, 0.3) is 0 Å². The first-order valence-corrected chi connectivity index (χ1v) is 6.80. The molecule has 0 spiro atoms. The minimum atomic E-state index is 0.0461. The van der Waals surface area contributed by atoms with E-state index in [-0.39, 0.29) is 12.5 Å². The highest BCUT2D eigenvalue weighted by atomic mass is 16.3. The molecule has 5 heteroatoms. The summed E-state index contributed by atoms with van der Waals surface area (Å²) in [5.74, 6) is 0.694. The maximum absolute atomic E-state index is 12.5. The second-order valence-corrected chi connectivity index (χ2v) is 4.87. The summed E-state index contributed by atoms with van der Waals surface area (Å²) in [6.07, 6.45) is 5.03. The molecule has 1 fully saturated rings. The van der Waals surface area contributed by atoms with Crippen LogP contribution in [0, 0.1) is 0 Å². The van der Waals surface area contributed by atoms with Crippen LogP contribution in [0.4, 0.5) is 5.82 Å². The maximum atomic E-state index is 12.5. The first-order chi connectivity index (χ1) is 9.24. The number of nitrogens with zero attached hydrogens (tertiary/aromatic N) is 3. The first-order valence-electron chi connectivity index (χ1n) is 6.80. The molecule has 104 valence electrons. The third-order valence-corrected chi connectivity index (χ3v) is 3.46. The van der Waals surface area contributed by atoms with Crippen LogP contribution in [0.5, 0.6) is 0 Å². The summed E-state index contributed by atoms with van der Waals surface area (Å²) in [4.78, 5) is 20.5. The minimum absolute atomic E-state index is 0.0461. The van der Waals surface area contributed by atoms with Crippen LogP contribution in [0.2, 0.25) is 0 Å². The normalized spacial score (nSPS) is 15.4. The number of aliphatic hydroxyl groups is 1. The molecular weight excluding hydrogens is 242 g/mol. The molecule has 0 aromatic carbocycles. The smallest absolute Gasteiger partial charge is 0.257 e. The lowest BCUT2D eigenvalue weighted by Crippen LogP contribution is -2.37. The van der Waals surface area contributed by atoms with E-state index in [0.29, 0.717) is 17.9 Å². The molecule has 1 aliphatic heterocycles. The van der Waals surface area contributed by atoms with Crippen molar-refractivity contribution in [2.45, 2.75) is 19.3 Å². The first kappa shape index (κ1) is 13.8. The zero-order valence-corrected chi connectivity index (χ0v) is 11.4. The molecule has 0 bridgehead atoms. The van der Waals surface area contributed by atoms with Crippen molar-refractivity contribution in [3.8, 4) is 0 Å². The number of aromatic nitrogens is 1. The van der Waals surface area contributed by atoms with Crippen LogP contribution in [0.1, 0.15) is 29.6 Å². The number of anilines is 1. The summed E-state index contributed by atoms with van der Waals surface area (Å²) in [6, 6.07) is 3.60. The van der Waals surface area contributed by atoms with E-state index in [1.54, 1.807) is 12.3 Å². The molecule has 2 rings (SSSR count). The Kier molecular flexibility index (Phi) is 4.74. The Balaban J connectivity index is 2.20. The van der Waals surface area contributed by atoms with E-state index in [9.17, 15) is 4.79 Å². The van der Waals surface area contributed by atoms with Gasteiger partial charge in [0, 0.05) is 32.9 Å². The fraction of sp³-hybridized carbons (Fsp3) is 0.571. The summed E-state index contributed by atoms with van der Waals surface area (Å²) < 4.78 is 0. The Bertz CT molecular complexity index is 430. The zero-order chi connectivity index (χ0) is 13.7. The maximum Gasteiger partial charge on any atom is 0.257 e. The van der Waals surface area contributed by atoms with E-state index in [0.717, 1.165) is 25.9 Å². The van der Waals surface area contributed by atoms with Gasteiger partial charge in [0.25, 0.3) is 5.91 Å². The van der Waals surface area contributed by atoms with Gasteiger partial charge in [-0.1, -0.05) is 0 Å². The van der Waals surface area contributed by atoms with Gasteiger partial charge in [0.1, 0.15) is 5.82 Å². The summed E-state index contributed by atoms with van der Waals surface area (Å²) >= 11 is 0. The van der Waals surface area contributed by atoms with E-state index in [1.165, 1.54) is 6.42 Å². The lowest BCUT2D eigenvalue weighted by Gasteiger charge is -2.28. The fourth-order valence-electron chi connectivity index (χ4n) is 2.39. The highest BCUT2D eigenvalue weighted by Crippen LogP contribution is 2.20. The fourth-order valence-corrected chi connectivity index (χ4v) is 2.39. The Morgan fingerprint density at radius 1 is 1.42 bits per heavy atom. The van der Waals surface area contributed by atoms with Gasteiger partial charge in [-0.2, -0.15) is 0 Å². The second kappa shape index (κ2) is 6.52. The molecule has 1 N–H and O–H groups in total. The molecule has 0 aliphatic carbocycles. The highest BCUT2D eigenvalue weighted by Gasteiger charge is 2.22. The van der Waals surface area contributed by atoms with Crippen LogP contribution in [0.15, 0.2) is 18.3 Å². The number of carbonyl (C=O) groups excluding carboxylic acids is 1. The van der Waals surface area contributed by atoms with Crippen LogP contribution in [-0.4, -0.2) is 54.2 Å². The molecule has 0 radical (unpaired) electrons. The van der Waals surface area contributed by atoms with E-state index in [2.05, 4.69) is 4.98 Å². The SMILES string of the molecule is CN(CCO)c1ncccc1C(=O)N1CCCCC1. The Morgan fingerprint density at radius 3 is 2.84 bits per heavy atom. The van der Waals surface area contributed by atoms with Crippen molar-refractivity contribution in [3.63, 3.8) is 0 Å². The largest absolute Gasteiger partial charge is 0.395 e. The van der Waals surface area contributed by atoms with Crippen molar-refractivity contribution in [1.29, 1.82) is 0 Å². The van der Waals surface area contributed by atoms with E-state index in [4.69, 9.17) is 5.11 Å². The summed E-state index contributed by atoms with van der Waals surface area (Å²) in [5, 5.41) is 9.01. The third-order valence-electron chi connectivity index (χ3n) is 3.46. The lowest BCUT2D eigenvalue weighted by atomic mass is 10.1.